The van der Waals surface area contributed by atoms with Gasteiger partial charge in [0.15, 0.2) is 0 Å². The van der Waals surface area contributed by atoms with Crippen LogP contribution in [-0.4, -0.2) is 19.3 Å². The van der Waals surface area contributed by atoms with Crippen LogP contribution in [0.2, 0.25) is 0 Å². The maximum absolute atomic E-state index is 5.60. The van der Waals surface area contributed by atoms with Gasteiger partial charge in [0.2, 0.25) is 0 Å². The summed E-state index contributed by atoms with van der Waals surface area (Å²) >= 11 is 0. The van der Waals surface area contributed by atoms with Crippen molar-refractivity contribution in [1.82, 2.24) is 0 Å². The van der Waals surface area contributed by atoms with E-state index in [1.165, 1.54) is 0 Å². The van der Waals surface area contributed by atoms with Gasteiger partial charge in [-0.15, -0.1) is 0 Å². The quantitative estimate of drug-likeness (QED) is 0.380. The molecule has 0 amide bonds. The van der Waals surface area contributed by atoms with E-state index >= 15 is 0 Å². The molecule has 92 valence electrons. The number of hydrogen-bond acceptors (Lipinski definition) is 2. The predicted molar refractivity (Wildman–Crippen MR) is 71.7 cm³/mol. The van der Waals surface area contributed by atoms with Crippen molar-refractivity contribution < 1.29 is 9.47 Å². The lowest BCUT2D eigenvalue weighted by atomic mass is 10.0. The average Bonchev–Trinajstić information content (AvgIpc) is 3.12. The molecule has 0 bridgehead atoms. The summed E-state index contributed by atoms with van der Waals surface area (Å²) in [6.45, 7) is 13.0. The van der Waals surface area contributed by atoms with Crippen LogP contribution >= 0.6 is 0 Å². The van der Waals surface area contributed by atoms with E-state index < -0.39 is 0 Å². The van der Waals surface area contributed by atoms with Crippen LogP contribution in [-0.2, 0) is 9.47 Å². The summed E-state index contributed by atoms with van der Waals surface area (Å²) in [5.74, 6) is 0.675. The Hall–Kier alpha value is -1.54. The predicted octanol–water partition coefficient (Wildman–Crippen LogP) is 3.55. The standard InChI is InChI=1S/C15H20O2/c1-5-8-13(9-6-2)15(7-3)12(4)16-10-14-11-17-14/h5-9,14H,1,4,10-11H2,2-3H3/b9-6-,13-8-,15-7-. The fraction of sp³-hybridized carbons (Fsp3) is 0.333. The molecule has 2 heteroatoms. The molecule has 0 aromatic heterocycles. The summed E-state index contributed by atoms with van der Waals surface area (Å²) in [4.78, 5) is 0. The van der Waals surface area contributed by atoms with Gasteiger partial charge in [0.05, 0.1) is 6.61 Å². The number of rotatable bonds is 7. The first-order chi connectivity index (χ1) is 8.22. The molecule has 1 fully saturated rings. The van der Waals surface area contributed by atoms with E-state index in [1.54, 1.807) is 6.08 Å². The first-order valence-electron chi connectivity index (χ1n) is 5.78. The van der Waals surface area contributed by atoms with E-state index in [2.05, 4.69) is 13.2 Å². The summed E-state index contributed by atoms with van der Waals surface area (Å²) in [7, 11) is 0. The zero-order valence-electron chi connectivity index (χ0n) is 10.6. The van der Waals surface area contributed by atoms with Crippen molar-refractivity contribution in [1.29, 1.82) is 0 Å². The SMILES string of the molecule is C=C/C=C(/C=C\C)C(=C/C)\C(=C)OCC1CO1. The highest BCUT2D eigenvalue weighted by atomic mass is 16.6. The van der Waals surface area contributed by atoms with E-state index in [0.29, 0.717) is 12.4 Å². The summed E-state index contributed by atoms with van der Waals surface area (Å²) < 4.78 is 10.7. The second kappa shape index (κ2) is 6.92. The van der Waals surface area contributed by atoms with Crippen LogP contribution in [0.4, 0.5) is 0 Å². The molecule has 17 heavy (non-hydrogen) atoms. The Morgan fingerprint density at radius 1 is 1.47 bits per heavy atom. The van der Waals surface area contributed by atoms with Crippen LogP contribution in [0.1, 0.15) is 13.8 Å². The van der Waals surface area contributed by atoms with Crippen LogP contribution in [0.15, 0.2) is 60.4 Å². The van der Waals surface area contributed by atoms with Gasteiger partial charge in [0, 0.05) is 5.57 Å². The Morgan fingerprint density at radius 2 is 2.18 bits per heavy atom. The monoisotopic (exact) mass is 232 g/mol. The van der Waals surface area contributed by atoms with Gasteiger partial charge in [-0.05, 0) is 19.4 Å². The van der Waals surface area contributed by atoms with Crippen LogP contribution in [0.25, 0.3) is 0 Å². The largest absolute Gasteiger partial charge is 0.491 e. The van der Waals surface area contributed by atoms with E-state index in [0.717, 1.165) is 17.8 Å². The molecular formula is C15H20O2. The third-order valence-corrected chi connectivity index (χ3v) is 2.39. The van der Waals surface area contributed by atoms with Gasteiger partial charge in [0.25, 0.3) is 0 Å². The van der Waals surface area contributed by atoms with Gasteiger partial charge in [-0.2, -0.15) is 0 Å². The van der Waals surface area contributed by atoms with Gasteiger partial charge in [-0.25, -0.2) is 0 Å². The molecule has 1 atom stereocenters. The van der Waals surface area contributed by atoms with Crippen LogP contribution < -0.4 is 0 Å². The minimum atomic E-state index is 0.249. The maximum Gasteiger partial charge on any atom is 0.119 e. The van der Waals surface area contributed by atoms with Crippen molar-refractivity contribution in [2.75, 3.05) is 13.2 Å². The lowest BCUT2D eigenvalue weighted by Gasteiger charge is -2.12. The molecule has 0 aromatic carbocycles. The minimum absolute atomic E-state index is 0.249. The number of hydrogen-bond donors (Lipinski definition) is 0. The molecule has 1 rings (SSSR count). The zero-order valence-corrected chi connectivity index (χ0v) is 10.6. The topological polar surface area (TPSA) is 21.8 Å². The lowest BCUT2D eigenvalue weighted by Crippen LogP contribution is -2.03. The molecule has 2 nitrogen and oxygen atoms in total. The highest BCUT2D eigenvalue weighted by molar-refractivity contribution is 5.49. The normalized spacial score (nSPS) is 20.5. The molecule has 0 spiro atoms. The molecule has 1 aliphatic heterocycles. The second-order valence-corrected chi connectivity index (χ2v) is 3.75. The van der Waals surface area contributed by atoms with E-state index in [1.807, 2.05) is 38.2 Å². The Balaban J connectivity index is 2.69. The Morgan fingerprint density at radius 3 is 2.65 bits per heavy atom. The van der Waals surface area contributed by atoms with Gasteiger partial charge in [-0.1, -0.05) is 43.5 Å². The molecule has 0 saturated carbocycles. The third-order valence-electron chi connectivity index (χ3n) is 2.39. The van der Waals surface area contributed by atoms with Crippen LogP contribution in [0.3, 0.4) is 0 Å². The minimum Gasteiger partial charge on any atom is -0.491 e. The van der Waals surface area contributed by atoms with Crippen molar-refractivity contribution in [3.05, 3.63) is 60.4 Å². The van der Waals surface area contributed by atoms with E-state index in [-0.39, 0.29) is 6.10 Å². The Kier molecular flexibility index (Phi) is 5.50. The zero-order chi connectivity index (χ0) is 12.7. The number of epoxide rings is 1. The fourth-order valence-corrected chi connectivity index (χ4v) is 1.47. The molecule has 0 N–H and O–H groups in total. The van der Waals surface area contributed by atoms with E-state index in [4.69, 9.17) is 9.47 Å². The smallest absolute Gasteiger partial charge is 0.119 e. The number of ether oxygens (including phenoxy) is 2. The third kappa shape index (κ3) is 4.45. The van der Waals surface area contributed by atoms with Gasteiger partial charge in [0.1, 0.15) is 18.5 Å². The van der Waals surface area contributed by atoms with Crippen LogP contribution in [0.5, 0.6) is 0 Å². The molecule has 1 saturated heterocycles. The van der Waals surface area contributed by atoms with Crippen LogP contribution in [0, 0.1) is 0 Å². The Labute approximate surface area is 104 Å². The van der Waals surface area contributed by atoms with Crippen molar-refractivity contribution in [2.24, 2.45) is 0 Å². The highest BCUT2D eigenvalue weighted by Gasteiger charge is 2.23. The van der Waals surface area contributed by atoms with Crippen molar-refractivity contribution >= 4 is 0 Å². The van der Waals surface area contributed by atoms with Crippen molar-refractivity contribution in [3.63, 3.8) is 0 Å². The van der Waals surface area contributed by atoms with Crippen molar-refractivity contribution in [3.8, 4) is 0 Å². The Bertz CT molecular complexity index is 368. The molecule has 0 radical (unpaired) electrons. The summed E-state index contributed by atoms with van der Waals surface area (Å²) in [5, 5.41) is 0. The molecule has 1 unspecified atom stereocenters. The van der Waals surface area contributed by atoms with Crippen molar-refractivity contribution in [2.45, 2.75) is 20.0 Å². The summed E-state index contributed by atoms with van der Waals surface area (Å²) in [6.07, 6.45) is 9.94. The van der Waals surface area contributed by atoms with Gasteiger partial charge < -0.3 is 9.47 Å². The summed E-state index contributed by atoms with van der Waals surface area (Å²) in [6, 6.07) is 0. The fourth-order valence-electron chi connectivity index (χ4n) is 1.47. The van der Waals surface area contributed by atoms with Gasteiger partial charge in [-0.3, -0.25) is 0 Å². The maximum atomic E-state index is 5.60. The first kappa shape index (κ1) is 13.5. The molecule has 0 aliphatic carbocycles. The lowest BCUT2D eigenvalue weighted by molar-refractivity contribution is 0.191. The summed E-state index contributed by atoms with van der Waals surface area (Å²) in [5.41, 5.74) is 2.04. The molecule has 1 aliphatic rings. The molecule has 0 aromatic rings. The molecule has 1 heterocycles. The van der Waals surface area contributed by atoms with Gasteiger partial charge >= 0.3 is 0 Å². The molecular weight excluding hydrogens is 212 g/mol. The second-order valence-electron chi connectivity index (χ2n) is 3.75. The number of allylic oxidation sites excluding steroid dienone is 6. The first-order valence-corrected chi connectivity index (χ1v) is 5.78. The highest BCUT2D eigenvalue weighted by Crippen LogP contribution is 2.22. The van der Waals surface area contributed by atoms with E-state index in [9.17, 15) is 0 Å². The average molecular weight is 232 g/mol.